The van der Waals surface area contributed by atoms with Crippen molar-refractivity contribution in [3.8, 4) is 0 Å². The molecule has 1 saturated heterocycles. The van der Waals surface area contributed by atoms with Gasteiger partial charge in [0.2, 0.25) is 5.91 Å². The number of fused-ring (bicyclic) bond motifs is 2. The van der Waals surface area contributed by atoms with Crippen molar-refractivity contribution < 1.29 is 4.79 Å². The van der Waals surface area contributed by atoms with E-state index >= 15 is 0 Å². The molecule has 120 valence electrons. The van der Waals surface area contributed by atoms with Crippen molar-refractivity contribution in [1.82, 2.24) is 9.88 Å². The van der Waals surface area contributed by atoms with Crippen molar-refractivity contribution in [3.63, 3.8) is 0 Å². The molecule has 4 nitrogen and oxygen atoms in total. The second-order valence-corrected chi connectivity index (χ2v) is 6.98. The van der Waals surface area contributed by atoms with E-state index in [0.717, 1.165) is 32.7 Å². The number of aliphatic imine (C=N–C) groups is 1. The van der Waals surface area contributed by atoms with E-state index in [0.29, 0.717) is 5.75 Å². The molecule has 1 amide bonds. The standard InChI is InChI=1S/C19H17N3OS/c1-12(2)22-17(23)11-24-19(22)21-18-13-7-3-5-9-15(13)20-16-10-6-4-8-14(16)18/h3-10,12H,11H2,1-2H3. The first kappa shape index (κ1) is 15.1. The molecule has 0 bridgehead atoms. The molecule has 1 aliphatic rings. The molecule has 0 aliphatic carbocycles. The van der Waals surface area contributed by atoms with Crippen molar-refractivity contribution in [2.75, 3.05) is 5.75 Å². The SMILES string of the molecule is CC(C)N1C(=O)CSC1=Nc1c2ccccc2nc2ccccc12. The molecule has 2 aromatic carbocycles. The number of amidine groups is 1. The molecule has 5 heteroatoms. The summed E-state index contributed by atoms with van der Waals surface area (Å²) in [5.74, 6) is 0.578. The molecule has 1 fully saturated rings. The van der Waals surface area contributed by atoms with E-state index in [2.05, 4.69) is 0 Å². The van der Waals surface area contributed by atoms with Crippen molar-refractivity contribution in [1.29, 1.82) is 0 Å². The molecular weight excluding hydrogens is 318 g/mol. The third-order valence-corrected chi connectivity index (χ3v) is 5.02. The fraction of sp³-hybridized carbons (Fsp3) is 0.211. The van der Waals surface area contributed by atoms with E-state index in [-0.39, 0.29) is 11.9 Å². The second-order valence-electron chi connectivity index (χ2n) is 6.04. The molecule has 4 rings (SSSR count). The molecule has 1 aliphatic heterocycles. The van der Waals surface area contributed by atoms with Crippen LogP contribution in [0.5, 0.6) is 0 Å². The summed E-state index contributed by atoms with van der Waals surface area (Å²) in [6.07, 6.45) is 0. The van der Waals surface area contributed by atoms with E-state index in [4.69, 9.17) is 9.98 Å². The van der Waals surface area contributed by atoms with Gasteiger partial charge in [0.15, 0.2) is 5.17 Å². The van der Waals surface area contributed by atoms with Crippen LogP contribution in [0.2, 0.25) is 0 Å². The predicted octanol–water partition coefficient (Wildman–Crippen LogP) is 4.36. The number of amides is 1. The Morgan fingerprint density at radius 2 is 1.62 bits per heavy atom. The number of pyridine rings is 1. The molecule has 2 heterocycles. The molecule has 3 aromatic rings. The van der Waals surface area contributed by atoms with Gasteiger partial charge in [-0.25, -0.2) is 9.98 Å². The van der Waals surface area contributed by atoms with Gasteiger partial charge in [0.1, 0.15) is 0 Å². The lowest BCUT2D eigenvalue weighted by atomic mass is 10.1. The third-order valence-electron chi connectivity index (χ3n) is 4.08. The van der Waals surface area contributed by atoms with Crippen LogP contribution in [0.4, 0.5) is 5.69 Å². The maximum absolute atomic E-state index is 12.2. The highest BCUT2D eigenvalue weighted by molar-refractivity contribution is 8.15. The van der Waals surface area contributed by atoms with Gasteiger partial charge in [-0.1, -0.05) is 48.2 Å². The van der Waals surface area contributed by atoms with Gasteiger partial charge in [0.25, 0.3) is 0 Å². The van der Waals surface area contributed by atoms with Crippen molar-refractivity contribution >= 4 is 50.3 Å². The van der Waals surface area contributed by atoms with Crippen LogP contribution in [0.1, 0.15) is 13.8 Å². The molecule has 0 saturated carbocycles. The lowest BCUT2D eigenvalue weighted by molar-refractivity contribution is -0.125. The summed E-state index contributed by atoms with van der Waals surface area (Å²) in [5, 5.41) is 2.79. The van der Waals surface area contributed by atoms with Crippen LogP contribution >= 0.6 is 11.8 Å². The zero-order valence-corrected chi connectivity index (χ0v) is 14.4. The van der Waals surface area contributed by atoms with Gasteiger partial charge >= 0.3 is 0 Å². The largest absolute Gasteiger partial charge is 0.288 e. The second kappa shape index (κ2) is 5.91. The summed E-state index contributed by atoms with van der Waals surface area (Å²) in [5.41, 5.74) is 2.72. The van der Waals surface area contributed by atoms with Crippen LogP contribution in [-0.2, 0) is 4.79 Å². The summed E-state index contributed by atoms with van der Waals surface area (Å²) in [7, 11) is 0. The summed E-state index contributed by atoms with van der Waals surface area (Å²) >= 11 is 1.50. The van der Waals surface area contributed by atoms with Gasteiger partial charge in [-0.15, -0.1) is 0 Å². The highest BCUT2D eigenvalue weighted by atomic mass is 32.2. The van der Waals surface area contributed by atoms with E-state index in [1.165, 1.54) is 11.8 Å². The Morgan fingerprint density at radius 1 is 1.04 bits per heavy atom. The normalized spacial score (nSPS) is 16.9. The topological polar surface area (TPSA) is 45.6 Å². The van der Waals surface area contributed by atoms with Crippen LogP contribution in [0.15, 0.2) is 53.5 Å². The molecule has 0 atom stereocenters. The lowest BCUT2D eigenvalue weighted by Crippen LogP contribution is -2.35. The van der Waals surface area contributed by atoms with Crippen LogP contribution in [0.25, 0.3) is 21.8 Å². The summed E-state index contributed by atoms with van der Waals surface area (Å²) in [6, 6.07) is 16.1. The van der Waals surface area contributed by atoms with Crippen LogP contribution in [-0.4, -0.2) is 32.8 Å². The number of aromatic nitrogens is 1. The van der Waals surface area contributed by atoms with Gasteiger partial charge < -0.3 is 0 Å². The van der Waals surface area contributed by atoms with Crippen LogP contribution in [0.3, 0.4) is 0 Å². The molecule has 0 N–H and O–H groups in total. The molecule has 24 heavy (non-hydrogen) atoms. The minimum absolute atomic E-state index is 0.102. The van der Waals surface area contributed by atoms with E-state index in [1.54, 1.807) is 4.90 Å². The monoisotopic (exact) mass is 335 g/mol. The van der Waals surface area contributed by atoms with Crippen molar-refractivity contribution in [2.24, 2.45) is 4.99 Å². The number of carbonyl (C=O) groups is 1. The fourth-order valence-corrected chi connectivity index (χ4v) is 4.00. The van der Waals surface area contributed by atoms with E-state index in [1.807, 2.05) is 62.4 Å². The minimum atomic E-state index is 0.102. The highest BCUT2D eigenvalue weighted by Crippen LogP contribution is 2.35. The Balaban J connectivity index is 2.00. The number of hydrogen-bond acceptors (Lipinski definition) is 4. The zero-order valence-electron chi connectivity index (χ0n) is 13.6. The van der Waals surface area contributed by atoms with Crippen LogP contribution in [0, 0.1) is 0 Å². The third kappa shape index (κ3) is 2.45. The summed E-state index contributed by atoms with van der Waals surface area (Å²) < 4.78 is 0. The number of para-hydroxylation sites is 2. The van der Waals surface area contributed by atoms with Crippen molar-refractivity contribution in [2.45, 2.75) is 19.9 Å². The van der Waals surface area contributed by atoms with Crippen molar-refractivity contribution in [3.05, 3.63) is 48.5 Å². The van der Waals surface area contributed by atoms with Gasteiger partial charge in [-0.3, -0.25) is 9.69 Å². The van der Waals surface area contributed by atoms with Gasteiger partial charge in [0, 0.05) is 16.8 Å². The Bertz CT molecular complexity index is 927. The number of rotatable bonds is 2. The van der Waals surface area contributed by atoms with E-state index in [9.17, 15) is 4.79 Å². The molecule has 0 unspecified atom stereocenters. The van der Waals surface area contributed by atoms with Crippen LogP contribution < -0.4 is 0 Å². The molecule has 0 spiro atoms. The molecular formula is C19H17N3OS. The Labute approximate surface area is 144 Å². The predicted molar refractivity (Wildman–Crippen MR) is 101 cm³/mol. The summed E-state index contributed by atoms with van der Waals surface area (Å²) in [6.45, 7) is 4.03. The first-order valence-corrected chi connectivity index (χ1v) is 8.95. The highest BCUT2D eigenvalue weighted by Gasteiger charge is 2.30. The van der Waals surface area contributed by atoms with Gasteiger partial charge in [-0.05, 0) is 26.0 Å². The average Bonchev–Trinajstić information content (AvgIpc) is 2.95. The first-order valence-electron chi connectivity index (χ1n) is 7.96. The van der Waals surface area contributed by atoms with Gasteiger partial charge in [-0.2, -0.15) is 0 Å². The fourth-order valence-electron chi connectivity index (χ4n) is 3.00. The molecule has 1 aromatic heterocycles. The number of benzene rings is 2. The average molecular weight is 335 g/mol. The quantitative estimate of drug-likeness (QED) is 0.654. The first-order chi connectivity index (χ1) is 11.6. The molecule has 0 radical (unpaired) electrons. The maximum Gasteiger partial charge on any atom is 0.239 e. The Morgan fingerprint density at radius 3 is 2.21 bits per heavy atom. The summed E-state index contributed by atoms with van der Waals surface area (Å²) in [4.78, 5) is 23.6. The Kier molecular flexibility index (Phi) is 3.73. The number of carbonyl (C=O) groups excluding carboxylic acids is 1. The number of nitrogens with zero attached hydrogens (tertiary/aromatic N) is 3. The van der Waals surface area contributed by atoms with E-state index < -0.39 is 0 Å². The zero-order chi connectivity index (χ0) is 16.7. The van der Waals surface area contributed by atoms with Gasteiger partial charge in [0.05, 0.1) is 22.5 Å². The maximum atomic E-state index is 12.2. The lowest BCUT2D eigenvalue weighted by Gasteiger charge is -2.20. The number of thioether (sulfide) groups is 1. The minimum Gasteiger partial charge on any atom is -0.288 e. The number of hydrogen-bond donors (Lipinski definition) is 0. The smallest absolute Gasteiger partial charge is 0.239 e. The Hall–Kier alpha value is -2.40.